The molecule has 76 valence electrons. The van der Waals surface area contributed by atoms with Gasteiger partial charge in [0.15, 0.2) is 0 Å². The largest absolute Gasteiger partial charge is 0.384 e. The molecule has 0 aliphatic carbocycles. The molecule has 0 amide bonds. The van der Waals surface area contributed by atoms with E-state index in [4.69, 9.17) is 10.5 Å². The average Bonchev–Trinajstić information content (AvgIpc) is 2.23. The molecule has 1 unspecified atom stereocenters. The standard InChI is InChI=1S/C10H14N2OS/c11-10-4-3-8(6-12-10)14-9-2-1-5-13-7-9/h3-4,6,9H,1-2,5,7H2,(H2,11,12). The number of thioether (sulfide) groups is 1. The van der Waals surface area contributed by atoms with Gasteiger partial charge in [0.25, 0.3) is 0 Å². The number of nitrogens with two attached hydrogens (primary N) is 1. The van der Waals surface area contributed by atoms with Crippen molar-refractivity contribution < 1.29 is 4.74 Å². The van der Waals surface area contributed by atoms with Gasteiger partial charge >= 0.3 is 0 Å². The number of rotatable bonds is 2. The first-order chi connectivity index (χ1) is 6.84. The number of ether oxygens (including phenoxy) is 1. The summed E-state index contributed by atoms with van der Waals surface area (Å²) in [5, 5.41) is 0.578. The van der Waals surface area contributed by atoms with Crippen LogP contribution in [0.1, 0.15) is 12.8 Å². The number of nitrogens with zero attached hydrogens (tertiary/aromatic N) is 1. The molecule has 2 rings (SSSR count). The van der Waals surface area contributed by atoms with Crippen LogP contribution in [0.4, 0.5) is 5.82 Å². The van der Waals surface area contributed by atoms with Gasteiger partial charge in [-0.05, 0) is 25.0 Å². The second-order valence-electron chi connectivity index (χ2n) is 3.38. The highest BCUT2D eigenvalue weighted by Gasteiger charge is 2.14. The highest BCUT2D eigenvalue weighted by atomic mass is 32.2. The van der Waals surface area contributed by atoms with Crippen LogP contribution >= 0.6 is 11.8 Å². The second kappa shape index (κ2) is 4.66. The van der Waals surface area contributed by atoms with E-state index in [1.165, 1.54) is 17.7 Å². The maximum Gasteiger partial charge on any atom is 0.123 e. The number of nitrogen functional groups attached to an aromatic ring is 1. The predicted octanol–water partition coefficient (Wildman–Crippen LogP) is 1.93. The van der Waals surface area contributed by atoms with Crippen molar-refractivity contribution in [2.75, 3.05) is 18.9 Å². The van der Waals surface area contributed by atoms with Crippen LogP contribution < -0.4 is 5.73 Å². The van der Waals surface area contributed by atoms with E-state index in [1.807, 2.05) is 30.1 Å². The summed E-state index contributed by atoms with van der Waals surface area (Å²) in [6.07, 6.45) is 4.23. The van der Waals surface area contributed by atoms with Crippen molar-refractivity contribution in [3.05, 3.63) is 18.3 Å². The third-order valence-electron chi connectivity index (χ3n) is 2.18. The Balaban J connectivity index is 1.92. The van der Waals surface area contributed by atoms with Crippen LogP contribution in [0.3, 0.4) is 0 Å². The molecule has 1 fully saturated rings. The van der Waals surface area contributed by atoms with Crippen molar-refractivity contribution in [2.24, 2.45) is 0 Å². The summed E-state index contributed by atoms with van der Waals surface area (Å²) in [5.74, 6) is 0.578. The van der Waals surface area contributed by atoms with Crippen LogP contribution in [-0.4, -0.2) is 23.4 Å². The first kappa shape index (κ1) is 9.80. The topological polar surface area (TPSA) is 48.1 Å². The second-order valence-corrected chi connectivity index (χ2v) is 4.75. The quantitative estimate of drug-likeness (QED) is 0.810. The molecule has 14 heavy (non-hydrogen) atoms. The van der Waals surface area contributed by atoms with Gasteiger partial charge < -0.3 is 10.5 Å². The molecule has 0 saturated carbocycles. The Morgan fingerprint density at radius 2 is 2.43 bits per heavy atom. The number of hydrogen-bond acceptors (Lipinski definition) is 4. The smallest absolute Gasteiger partial charge is 0.123 e. The molecule has 1 aliphatic rings. The lowest BCUT2D eigenvalue weighted by atomic mass is 10.2. The molecule has 0 spiro atoms. The number of anilines is 1. The Labute approximate surface area is 88.0 Å². The summed E-state index contributed by atoms with van der Waals surface area (Å²) < 4.78 is 5.41. The van der Waals surface area contributed by atoms with E-state index < -0.39 is 0 Å². The lowest BCUT2D eigenvalue weighted by Crippen LogP contribution is -2.19. The van der Waals surface area contributed by atoms with Gasteiger partial charge in [0.1, 0.15) is 5.82 Å². The monoisotopic (exact) mass is 210 g/mol. The highest BCUT2D eigenvalue weighted by Crippen LogP contribution is 2.28. The van der Waals surface area contributed by atoms with Gasteiger partial charge in [-0.15, -0.1) is 11.8 Å². The van der Waals surface area contributed by atoms with Crippen molar-refractivity contribution in [3.63, 3.8) is 0 Å². The Kier molecular flexibility index (Phi) is 3.26. The van der Waals surface area contributed by atoms with Crippen LogP contribution in [0, 0.1) is 0 Å². The van der Waals surface area contributed by atoms with E-state index >= 15 is 0 Å². The third kappa shape index (κ3) is 2.62. The molecule has 1 atom stereocenters. The minimum Gasteiger partial charge on any atom is -0.384 e. The van der Waals surface area contributed by atoms with Crippen molar-refractivity contribution >= 4 is 17.6 Å². The molecule has 1 aromatic rings. The van der Waals surface area contributed by atoms with Crippen LogP contribution in [0.15, 0.2) is 23.2 Å². The molecule has 1 aliphatic heterocycles. The van der Waals surface area contributed by atoms with E-state index in [2.05, 4.69) is 4.98 Å². The summed E-state index contributed by atoms with van der Waals surface area (Å²) in [4.78, 5) is 5.24. The number of aromatic nitrogens is 1. The number of pyridine rings is 1. The SMILES string of the molecule is Nc1ccc(SC2CCCOC2)cn1. The van der Waals surface area contributed by atoms with Gasteiger partial charge in [-0.25, -0.2) is 4.98 Å². The van der Waals surface area contributed by atoms with E-state index in [9.17, 15) is 0 Å². The summed E-state index contributed by atoms with van der Waals surface area (Å²) >= 11 is 1.83. The van der Waals surface area contributed by atoms with Crippen LogP contribution in [0.2, 0.25) is 0 Å². The first-order valence-corrected chi connectivity index (χ1v) is 5.68. The fraction of sp³-hybridized carbons (Fsp3) is 0.500. The van der Waals surface area contributed by atoms with Crippen molar-refractivity contribution in [1.29, 1.82) is 0 Å². The third-order valence-corrected chi connectivity index (χ3v) is 3.40. The number of hydrogen-bond donors (Lipinski definition) is 1. The highest BCUT2D eigenvalue weighted by molar-refractivity contribution is 8.00. The summed E-state index contributed by atoms with van der Waals surface area (Å²) in [5.41, 5.74) is 5.51. The van der Waals surface area contributed by atoms with Gasteiger partial charge in [0, 0.05) is 22.9 Å². The zero-order valence-electron chi connectivity index (χ0n) is 7.98. The maximum atomic E-state index is 5.51. The Morgan fingerprint density at radius 3 is 3.07 bits per heavy atom. The molecule has 4 heteroatoms. The zero-order valence-corrected chi connectivity index (χ0v) is 8.80. The average molecular weight is 210 g/mol. The Bertz CT molecular complexity index is 283. The van der Waals surface area contributed by atoms with Gasteiger partial charge in [-0.3, -0.25) is 0 Å². The summed E-state index contributed by atoms with van der Waals surface area (Å²) in [6.45, 7) is 1.77. The van der Waals surface area contributed by atoms with Crippen LogP contribution in [0.25, 0.3) is 0 Å². The first-order valence-electron chi connectivity index (χ1n) is 4.80. The molecule has 0 radical (unpaired) electrons. The van der Waals surface area contributed by atoms with Gasteiger partial charge in [-0.1, -0.05) is 0 Å². The maximum absolute atomic E-state index is 5.51. The van der Waals surface area contributed by atoms with Gasteiger partial charge in [-0.2, -0.15) is 0 Å². The van der Waals surface area contributed by atoms with E-state index in [0.29, 0.717) is 11.1 Å². The minimum absolute atomic E-state index is 0.578. The Hall–Kier alpha value is -0.740. The lowest BCUT2D eigenvalue weighted by molar-refractivity contribution is 0.101. The zero-order chi connectivity index (χ0) is 9.80. The molecule has 0 aromatic carbocycles. The normalized spacial score (nSPS) is 22.1. The van der Waals surface area contributed by atoms with Crippen LogP contribution in [-0.2, 0) is 4.74 Å². The molecular formula is C10H14N2OS. The molecule has 1 saturated heterocycles. The van der Waals surface area contributed by atoms with Crippen molar-refractivity contribution in [3.8, 4) is 0 Å². The Morgan fingerprint density at radius 1 is 1.50 bits per heavy atom. The van der Waals surface area contributed by atoms with E-state index in [1.54, 1.807) is 0 Å². The summed E-state index contributed by atoms with van der Waals surface area (Å²) in [7, 11) is 0. The molecule has 2 heterocycles. The summed E-state index contributed by atoms with van der Waals surface area (Å²) in [6, 6.07) is 3.85. The fourth-order valence-corrected chi connectivity index (χ4v) is 2.55. The predicted molar refractivity (Wildman–Crippen MR) is 58.3 cm³/mol. The molecule has 0 bridgehead atoms. The van der Waals surface area contributed by atoms with Crippen LogP contribution in [0.5, 0.6) is 0 Å². The van der Waals surface area contributed by atoms with Gasteiger partial charge in [0.2, 0.25) is 0 Å². The fourth-order valence-electron chi connectivity index (χ4n) is 1.46. The van der Waals surface area contributed by atoms with E-state index in [0.717, 1.165) is 13.2 Å². The lowest BCUT2D eigenvalue weighted by Gasteiger charge is -2.21. The van der Waals surface area contributed by atoms with Gasteiger partial charge in [0.05, 0.1) is 6.61 Å². The van der Waals surface area contributed by atoms with Crippen molar-refractivity contribution in [1.82, 2.24) is 4.98 Å². The molecule has 2 N–H and O–H groups in total. The molecular weight excluding hydrogens is 196 g/mol. The molecule has 3 nitrogen and oxygen atoms in total. The van der Waals surface area contributed by atoms with Crippen molar-refractivity contribution in [2.45, 2.75) is 23.0 Å². The molecule has 1 aromatic heterocycles. The van der Waals surface area contributed by atoms with E-state index in [-0.39, 0.29) is 0 Å². The minimum atomic E-state index is 0.578.